The minimum Gasteiger partial charge on any atom is -0.507 e. The molecular weight excluding hydrogens is 496 g/mol. The van der Waals surface area contributed by atoms with Crippen molar-refractivity contribution in [3.63, 3.8) is 0 Å². The summed E-state index contributed by atoms with van der Waals surface area (Å²) in [7, 11) is 0. The molecule has 0 amide bonds. The highest BCUT2D eigenvalue weighted by Gasteiger charge is 2.30. The topological polar surface area (TPSA) is 146 Å². The highest BCUT2D eigenvalue weighted by atomic mass is 16.6. The van der Waals surface area contributed by atoms with Crippen molar-refractivity contribution in [1.82, 2.24) is 0 Å². The lowest BCUT2D eigenvalue weighted by Gasteiger charge is -2.22. The van der Waals surface area contributed by atoms with Gasteiger partial charge in [-0.05, 0) is 12.1 Å². The largest absolute Gasteiger partial charge is 0.507 e. The van der Waals surface area contributed by atoms with E-state index in [4.69, 9.17) is 18.9 Å². The quantitative estimate of drug-likeness (QED) is 0.266. The van der Waals surface area contributed by atoms with Crippen LogP contribution in [0.3, 0.4) is 0 Å². The Morgan fingerprint density at radius 2 is 0.789 bits per heavy atom. The van der Waals surface area contributed by atoms with E-state index in [0.717, 1.165) is 0 Å². The second-order valence-corrected chi connectivity index (χ2v) is 8.59. The van der Waals surface area contributed by atoms with Crippen LogP contribution in [0.1, 0.15) is 27.7 Å². The lowest BCUT2D eigenvalue weighted by atomic mass is 9.90. The van der Waals surface area contributed by atoms with E-state index in [0.29, 0.717) is 0 Å². The van der Waals surface area contributed by atoms with Crippen LogP contribution < -0.4 is 18.9 Å². The molecule has 0 bridgehead atoms. The second kappa shape index (κ2) is 8.77. The number of ether oxygens (including phenoxy) is 4. The average Bonchev–Trinajstić information content (AvgIpc) is 2.78. The van der Waals surface area contributed by atoms with Gasteiger partial charge in [-0.2, -0.15) is 0 Å². The van der Waals surface area contributed by atoms with E-state index in [9.17, 15) is 29.4 Å². The van der Waals surface area contributed by atoms with Crippen molar-refractivity contribution in [3.8, 4) is 34.5 Å². The Bertz CT molecular complexity index is 1820. The van der Waals surface area contributed by atoms with Crippen LogP contribution in [0.4, 0.5) is 0 Å². The van der Waals surface area contributed by atoms with Gasteiger partial charge in [-0.25, -0.2) is 0 Å². The molecule has 0 saturated heterocycles. The molecule has 0 aromatic heterocycles. The summed E-state index contributed by atoms with van der Waals surface area (Å²) < 4.78 is 22.3. The Balaban J connectivity index is 2.22. The third-order valence-corrected chi connectivity index (χ3v) is 5.92. The minimum absolute atomic E-state index is 0.00322. The smallest absolute Gasteiger partial charge is 0.308 e. The Labute approximate surface area is 213 Å². The van der Waals surface area contributed by atoms with Gasteiger partial charge in [0.25, 0.3) is 0 Å². The maximum Gasteiger partial charge on any atom is 0.308 e. The van der Waals surface area contributed by atoms with Gasteiger partial charge in [-0.15, -0.1) is 0 Å². The van der Waals surface area contributed by atoms with E-state index in [2.05, 4.69) is 0 Å². The first-order valence-corrected chi connectivity index (χ1v) is 11.4. The maximum atomic E-state index is 12.2. The van der Waals surface area contributed by atoms with E-state index in [1.54, 1.807) is 12.1 Å². The van der Waals surface area contributed by atoms with Crippen LogP contribution in [0.5, 0.6) is 34.5 Å². The van der Waals surface area contributed by atoms with Crippen molar-refractivity contribution in [2.75, 3.05) is 0 Å². The number of carbonyl (C=O) groups excluding carboxylic acids is 4. The Hall–Kier alpha value is -5.12. The molecule has 0 aliphatic heterocycles. The summed E-state index contributed by atoms with van der Waals surface area (Å²) >= 11 is 0. The van der Waals surface area contributed by atoms with Gasteiger partial charge < -0.3 is 29.2 Å². The molecule has 0 unspecified atom stereocenters. The maximum absolute atomic E-state index is 12.2. The average molecular weight is 516 g/mol. The normalized spacial score (nSPS) is 11.3. The molecule has 0 fully saturated rings. The molecule has 4 aromatic carbocycles. The first-order valence-electron chi connectivity index (χ1n) is 11.4. The fraction of sp³-hybridized carbons (Fsp3) is 0.143. The number of hydrogen-bond acceptors (Lipinski definition) is 10. The van der Waals surface area contributed by atoms with Crippen LogP contribution >= 0.6 is 0 Å². The highest BCUT2D eigenvalue weighted by Crippen LogP contribution is 2.50. The predicted molar refractivity (Wildman–Crippen MR) is 132 cm³/mol. The lowest BCUT2D eigenvalue weighted by Crippen LogP contribution is -2.13. The lowest BCUT2D eigenvalue weighted by molar-refractivity contribution is -0.133. The van der Waals surface area contributed by atoms with Gasteiger partial charge in [0.15, 0.2) is 11.5 Å². The van der Waals surface area contributed by atoms with Gasteiger partial charge in [0.2, 0.25) is 0 Å². The van der Waals surface area contributed by atoms with E-state index >= 15 is 0 Å². The summed E-state index contributed by atoms with van der Waals surface area (Å²) in [6.07, 6.45) is 0. The fourth-order valence-corrected chi connectivity index (χ4v) is 4.79. The molecule has 4 aromatic rings. The molecule has 10 heteroatoms. The van der Waals surface area contributed by atoms with Crippen molar-refractivity contribution >= 4 is 45.4 Å². The predicted octanol–water partition coefficient (Wildman–Crippen LogP) is 3.99. The summed E-state index contributed by atoms with van der Waals surface area (Å²) in [6, 6.07) is 8.88. The number of aromatic hydroxyl groups is 2. The first kappa shape index (κ1) is 24.6. The molecule has 10 nitrogen and oxygen atoms in total. The third-order valence-electron chi connectivity index (χ3n) is 5.92. The van der Waals surface area contributed by atoms with Gasteiger partial charge in [0.1, 0.15) is 23.0 Å². The molecule has 5 rings (SSSR count). The third kappa shape index (κ3) is 3.65. The Morgan fingerprint density at radius 3 is 1.11 bits per heavy atom. The molecule has 38 heavy (non-hydrogen) atoms. The number of fused-ring (bicyclic) bond motifs is 4. The van der Waals surface area contributed by atoms with Gasteiger partial charge in [0, 0.05) is 59.3 Å². The van der Waals surface area contributed by atoms with Gasteiger partial charge >= 0.3 is 23.9 Å². The molecule has 1 aliphatic rings. The van der Waals surface area contributed by atoms with Gasteiger partial charge in [-0.3, -0.25) is 19.2 Å². The Morgan fingerprint density at radius 1 is 0.500 bits per heavy atom. The van der Waals surface area contributed by atoms with Crippen LogP contribution in [-0.2, 0) is 19.2 Å². The van der Waals surface area contributed by atoms with Crippen LogP contribution in [0.25, 0.3) is 21.5 Å². The molecule has 0 heterocycles. The van der Waals surface area contributed by atoms with Crippen molar-refractivity contribution in [2.24, 2.45) is 0 Å². The van der Waals surface area contributed by atoms with Crippen molar-refractivity contribution in [2.45, 2.75) is 27.7 Å². The van der Waals surface area contributed by atoms with E-state index < -0.39 is 23.9 Å². The summed E-state index contributed by atoms with van der Waals surface area (Å²) in [5.41, 5.74) is 0. The van der Waals surface area contributed by atoms with E-state index in [-0.39, 0.29) is 76.9 Å². The van der Waals surface area contributed by atoms with Crippen LogP contribution in [0, 0.1) is 20.9 Å². The van der Waals surface area contributed by atoms with Crippen molar-refractivity contribution < 1.29 is 48.3 Å². The zero-order chi connectivity index (χ0) is 27.5. The van der Waals surface area contributed by atoms with Crippen molar-refractivity contribution in [1.29, 1.82) is 0 Å². The van der Waals surface area contributed by atoms with Crippen LogP contribution in [0.2, 0.25) is 0 Å². The number of phenols is 2. The van der Waals surface area contributed by atoms with Gasteiger partial charge in [-0.1, -0.05) is 24.3 Å². The molecule has 192 valence electrons. The van der Waals surface area contributed by atoms with E-state index in [1.807, 2.05) is 0 Å². The fourth-order valence-electron chi connectivity index (χ4n) is 4.79. The first-order chi connectivity index (χ1) is 18.0. The second-order valence-electron chi connectivity index (χ2n) is 8.59. The zero-order valence-corrected chi connectivity index (χ0v) is 20.6. The Kier molecular flexibility index (Phi) is 5.67. The summed E-state index contributed by atoms with van der Waals surface area (Å²) in [5.74, 6) is -3.54. The number of esters is 4. The molecule has 1 aliphatic carbocycles. The summed E-state index contributed by atoms with van der Waals surface area (Å²) in [4.78, 5) is 48.7. The summed E-state index contributed by atoms with van der Waals surface area (Å²) in [6.45, 7) is 4.72. The SMILES string of the molecule is CC(=O)Oc1c2c(c(OC(C)=O)c3c(O)cccc13)=c1c(OC(C)=O)c3c(O)cccc3c(OC(C)=O)c1=2. The van der Waals surface area contributed by atoms with Crippen LogP contribution in [0.15, 0.2) is 36.4 Å². The van der Waals surface area contributed by atoms with Gasteiger partial charge in [0.05, 0.1) is 10.8 Å². The monoisotopic (exact) mass is 516 g/mol. The highest BCUT2D eigenvalue weighted by molar-refractivity contribution is 6.04. The summed E-state index contributed by atoms with van der Waals surface area (Å²) in [5, 5.41) is 22.9. The minimum atomic E-state index is -0.719. The molecule has 0 radical (unpaired) electrons. The number of carbonyl (C=O) groups is 4. The zero-order valence-electron chi connectivity index (χ0n) is 20.6. The number of phenolic OH excluding ortho intramolecular Hbond substituents is 2. The molecule has 2 N–H and O–H groups in total. The molecular formula is C28H20O10. The number of rotatable bonds is 4. The number of benzene rings is 4. The molecule has 0 spiro atoms. The van der Waals surface area contributed by atoms with Crippen molar-refractivity contribution in [3.05, 3.63) is 57.3 Å². The number of hydrogen-bond donors (Lipinski definition) is 2. The van der Waals surface area contributed by atoms with E-state index in [1.165, 1.54) is 52.0 Å². The van der Waals surface area contributed by atoms with Crippen LogP contribution in [-0.4, -0.2) is 34.1 Å². The standard InChI is InChI=1S/C28H20O10/c1-11(29)35-25-15-7-5-9-17(33)19(15)27(37-13(3)31)23-21(25)22-24(23)28(38-14(4)32)20-16(8-6-10-18(20)34)26(22)36-12(2)30/h5-10,33-34H,1-4H3. The molecule has 0 saturated carbocycles. The molecule has 0 atom stereocenters.